The topological polar surface area (TPSA) is 66.9 Å². The molecule has 2 aromatic rings. The highest BCUT2D eigenvalue weighted by Gasteiger charge is 2.28. The van der Waals surface area contributed by atoms with Crippen molar-refractivity contribution in [3.05, 3.63) is 61.6 Å². The van der Waals surface area contributed by atoms with Crippen LogP contribution in [0.15, 0.2) is 30.3 Å². The first-order valence-electron chi connectivity index (χ1n) is 6.17. The molecule has 1 atom stereocenters. The summed E-state index contributed by atoms with van der Waals surface area (Å²) in [5, 5.41) is 21.2. The molecule has 0 saturated carbocycles. The van der Waals surface area contributed by atoms with Gasteiger partial charge in [-0.05, 0) is 46.9 Å². The number of rotatable bonds is 1. The van der Waals surface area contributed by atoms with E-state index in [0.717, 1.165) is 22.3 Å². The molecule has 1 aliphatic rings. The van der Waals surface area contributed by atoms with Crippen LogP contribution in [0.2, 0.25) is 10.0 Å². The van der Waals surface area contributed by atoms with Gasteiger partial charge in [0.05, 0.1) is 16.9 Å². The van der Waals surface area contributed by atoms with Crippen LogP contribution in [0, 0.1) is 21.4 Å². The molecule has 0 heterocycles. The highest BCUT2D eigenvalue weighted by Crippen LogP contribution is 2.45. The number of nitro groups is 1. The predicted octanol–water partition coefficient (Wildman–Crippen LogP) is 4.73. The highest BCUT2D eigenvalue weighted by molar-refractivity contribution is 6.35. The van der Waals surface area contributed by atoms with Gasteiger partial charge in [0.2, 0.25) is 0 Å². The fourth-order valence-corrected chi connectivity index (χ4v) is 3.34. The standard InChI is InChI=1S/C15H8Cl2N2O2/c16-10-5-13-12-2-1-11(19(20)21)4-8(12)3-9(7-18)15(13)14(17)6-10/h1-2,4-6,9H,3H2/t9-/m0/s1. The van der Waals surface area contributed by atoms with Crippen molar-refractivity contribution in [2.75, 3.05) is 0 Å². The fourth-order valence-electron chi connectivity index (χ4n) is 2.72. The van der Waals surface area contributed by atoms with Crippen LogP contribution in [0.5, 0.6) is 0 Å². The van der Waals surface area contributed by atoms with Crippen LogP contribution in [0.25, 0.3) is 11.1 Å². The molecule has 0 spiro atoms. The maximum atomic E-state index is 10.9. The van der Waals surface area contributed by atoms with Gasteiger partial charge in [0, 0.05) is 22.2 Å². The van der Waals surface area contributed by atoms with Gasteiger partial charge in [0.25, 0.3) is 5.69 Å². The molecule has 2 aromatic carbocycles. The molecule has 0 fully saturated rings. The Kier molecular flexibility index (Phi) is 3.32. The van der Waals surface area contributed by atoms with Gasteiger partial charge < -0.3 is 0 Å². The molecule has 6 heteroatoms. The van der Waals surface area contributed by atoms with Gasteiger partial charge in [-0.2, -0.15) is 5.26 Å². The highest BCUT2D eigenvalue weighted by atomic mass is 35.5. The SMILES string of the molecule is N#C[C@@H]1Cc2cc([N+](=O)[O-])ccc2-c2cc(Cl)cc(Cl)c21. The Morgan fingerprint density at radius 2 is 2.00 bits per heavy atom. The van der Waals surface area contributed by atoms with Crippen LogP contribution in [0.3, 0.4) is 0 Å². The van der Waals surface area contributed by atoms with Crippen molar-refractivity contribution in [3.8, 4) is 17.2 Å². The number of nitrogens with zero attached hydrogens (tertiary/aromatic N) is 2. The van der Waals surface area contributed by atoms with Crippen LogP contribution in [-0.4, -0.2) is 4.92 Å². The lowest BCUT2D eigenvalue weighted by Crippen LogP contribution is -2.11. The van der Waals surface area contributed by atoms with Crippen LogP contribution in [-0.2, 0) is 6.42 Å². The number of hydrogen-bond donors (Lipinski definition) is 0. The number of nitriles is 1. The molecule has 1 aliphatic carbocycles. The van der Waals surface area contributed by atoms with E-state index < -0.39 is 10.8 Å². The third kappa shape index (κ3) is 2.25. The van der Waals surface area contributed by atoms with E-state index in [9.17, 15) is 15.4 Å². The summed E-state index contributed by atoms with van der Waals surface area (Å²) in [5.41, 5.74) is 3.13. The molecule has 0 saturated heterocycles. The summed E-state index contributed by atoms with van der Waals surface area (Å²) in [5.74, 6) is -0.431. The largest absolute Gasteiger partial charge is 0.269 e. The second kappa shape index (κ2) is 5.03. The Labute approximate surface area is 130 Å². The minimum Gasteiger partial charge on any atom is -0.258 e. The third-order valence-electron chi connectivity index (χ3n) is 3.61. The van der Waals surface area contributed by atoms with Gasteiger partial charge in [-0.1, -0.05) is 23.2 Å². The van der Waals surface area contributed by atoms with Crippen LogP contribution >= 0.6 is 23.2 Å². The van der Waals surface area contributed by atoms with Gasteiger partial charge in [-0.15, -0.1) is 0 Å². The van der Waals surface area contributed by atoms with E-state index in [2.05, 4.69) is 6.07 Å². The van der Waals surface area contributed by atoms with E-state index in [1.54, 1.807) is 18.2 Å². The Morgan fingerprint density at radius 3 is 2.67 bits per heavy atom. The second-order valence-electron chi connectivity index (χ2n) is 4.83. The molecule has 0 bridgehead atoms. The van der Waals surface area contributed by atoms with Gasteiger partial charge in [0.15, 0.2) is 0 Å². The number of benzene rings is 2. The lowest BCUT2D eigenvalue weighted by atomic mass is 9.79. The molecular formula is C15H8Cl2N2O2. The van der Waals surface area contributed by atoms with E-state index in [1.807, 2.05) is 0 Å². The van der Waals surface area contributed by atoms with E-state index >= 15 is 0 Å². The van der Waals surface area contributed by atoms with Crippen LogP contribution in [0.1, 0.15) is 17.0 Å². The zero-order valence-corrected chi connectivity index (χ0v) is 12.1. The monoisotopic (exact) mass is 318 g/mol. The summed E-state index contributed by atoms with van der Waals surface area (Å²) < 4.78 is 0. The number of nitro benzene ring substituents is 1. The van der Waals surface area contributed by atoms with Crippen molar-refractivity contribution < 1.29 is 4.92 Å². The molecular weight excluding hydrogens is 311 g/mol. The first-order chi connectivity index (χ1) is 10.0. The molecule has 0 radical (unpaired) electrons. The Morgan fingerprint density at radius 1 is 1.24 bits per heavy atom. The summed E-state index contributed by atoms with van der Waals surface area (Å²) >= 11 is 12.3. The molecule has 21 heavy (non-hydrogen) atoms. The fraction of sp³-hybridized carbons (Fsp3) is 0.133. The number of fused-ring (bicyclic) bond motifs is 3. The summed E-state index contributed by atoms with van der Waals surface area (Å²) in [6.07, 6.45) is 0.405. The van der Waals surface area contributed by atoms with Crippen molar-refractivity contribution in [2.24, 2.45) is 0 Å². The van der Waals surface area contributed by atoms with Crippen LogP contribution < -0.4 is 0 Å². The maximum Gasteiger partial charge on any atom is 0.269 e. The lowest BCUT2D eigenvalue weighted by Gasteiger charge is -2.24. The molecule has 104 valence electrons. The quantitative estimate of drug-likeness (QED) is 0.563. The lowest BCUT2D eigenvalue weighted by molar-refractivity contribution is -0.384. The van der Waals surface area contributed by atoms with Crippen molar-refractivity contribution in [2.45, 2.75) is 12.3 Å². The van der Waals surface area contributed by atoms with E-state index in [4.69, 9.17) is 23.2 Å². The summed E-state index contributed by atoms with van der Waals surface area (Å²) in [7, 11) is 0. The Bertz CT molecular complexity index is 812. The van der Waals surface area contributed by atoms with E-state index in [1.165, 1.54) is 12.1 Å². The molecule has 3 rings (SSSR count). The van der Waals surface area contributed by atoms with E-state index in [-0.39, 0.29) is 5.69 Å². The first kappa shape index (κ1) is 13.9. The number of hydrogen-bond acceptors (Lipinski definition) is 3. The normalized spacial score (nSPS) is 15.8. The van der Waals surface area contributed by atoms with Crippen molar-refractivity contribution in [1.82, 2.24) is 0 Å². The summed E-state index contributed by atoms with van der Waals surface area (Å²) in [4.78, 5) is 10.4. The minimum atomic E-state index is -0.442. The molecule has 0 N–H and O–H groups in total. The van der Waals surface area contributed by atoms with Crippen LogP contribution in [0.4, 0.5) is 5.69 Å². The van der Waals surface area contributed by atoms with Crippen molar-refractivity contribution >= 4 is 28.9 Å². The molecule has 4 nitrogen and oxygen atoms in total. The molecule has 0 aromatic heterocycles. The Hall–Kier alpha value is -2.09. The minimum absolute atomic E-state index is 0.0158. The molecule has 0 unspecified atom stereocenters. The average molecular weight is 319 g/mol. The maximum absolute atomic E-state index is 10.9. The van der Waals surface area contributed by atoms with Gasteiger partial charge in [-0.3, -0.25) is 10.1 Å². The third-order valence-corrected chi connectivity index (χ3v) is 4.14. The molecule has 0 amide bonds. The zero-order valence-electron chi connectivity index (χ0n) is 10.6. The second-order valence-corrected chi connectivity index (χ2v) is 5.68. The first-order valence-corrected chi connectivity index (χ1v) is 6.93. The predicted molar refractivity (Wildman–Crippen MR) is 80.6 cm³/mol. The number of halogens is 2. The van der Waals surface area contributed by atoms with E-state index in [0.29, 0.717) is 16.5 Å². The Balaban J connectivity index is 2.29. The summed E-state index contributed by atoms with van der Waals surface area (Å²) in [6.45, 7) is 0. The average Bonchev–Trinajstić information content (AvgIpc) is 2.45. The molecule has 0 aliphatic heterocycles. The van der Waals surface area contributed by atoms with Crippen molar-refractivity contribution in [1.29, 1.82) is 5.26 Å². The smallest absolute Gasteiger partial charge is 0.258 e. The number of non-ortho nitro benzene ring substituents is 1. The zero-order chi connectivity index (χ0) is 15.1. The van der Waals surface area contributed by atoms with Gasteiger partial charge >= 0.3 is 0 Å². The summed E-state index contributed by atoms with van der Waals surface area (Å²) in [6, 6.07) is 10.2. The van der Waals surface area contributed by atoms with Gasteiger partial charge in [-0.25, -0.2) is 0 Å². The van der Waals surface area contributed by atoms with Crippen molar-refractivity contribution in [3.63, 3.8) is 0 Å². The van der Waals surface area contributed by atoms with Gasteiger partial charge in [0.1, 0.15) is 0 Å².